The third-order valence-electron chi connectivity index (χ3n) is 1.70. The standard InChI is InChI=1S/C11H19NO4/c1-2-14-7-3-8-15-9-4-10-16-11(13)5-6-12/h2-5,7-10H2,1H3. The van der Waals surface area contributed by atoms with Crippen molar-refractivity contribution in [1.29, 1.82) is 5.26 Å². The predicted molar refractivity (Wildman–Crippen MR) is 57.7 cm³/mol. The van der Waals surface area contributed by atoms with Crippen molar-refractivity contribution in [2.24, 2.45) is 0 Å². The lowest BCUT2D eigenvalue weighted by Crippen LogP contribution is -2.08. The van der Waals surface area contributed by atoms with E-state index in [4.69, 9.17) is 19.5 Å². The van der Waals surface area contributed by atoms with Gasteiger partial charge in [0.1, 0.15) is 6.42 Å². The fourth-order valence-corrected chi connectivity index (χ4v) is 0.972. The maximum absolute atomic E-state index is 10.7. The second-order valence-electron chi connectivity index (χ2n) is 3.07. The highest BCUT2D eigenvalue weighted by Crippen LogP contribution is 1.91. The second kappa shape index (κ2) is 12.0. The van der Waals surface area contributed by atoms with Crippen LogP contribution < -0.4 is 0 Å². The van der Waals surface area contributed by atoms with Crippen LogP contribution in [0.15, 0.2) is 0 Å². The Balaban J connectivity index is 3.04. The largest absolute Gasteiger partial charge is 0.465 e. The smallest absolute Gasteiger partial charge is 0.320 e. The Labute approximate surface area is 96.3 Å². The molecule has 0 atom stereocenters. The van der Waals surface area contributed by atoms with E-state index >= 15 is 0 Å². The fraction of sp³-hybridized carbons (Fsp3) is 0.818. The molecule has 5 heteroatoms. The summed E-state index contributed by atoms with van der Waals surface area (Å²) in [4.78, 5) is 10.7. The van der Waals surface area contributed by atoms with E-state index in [9.17, 15) is 4.79 Å². The second-order valence-corrected chi connectivity index (χ2v) is 3.07. The molecule has 5 nitrogen and oxygen atoms in total. The molecule has 0 heterocycles. The van der Waals surface area contributed by atoms with Crippen LogP contribution in [0, 0.1) is 11.3 Å². The monoisotopic (exact) mass is 229 g/mol. The van der Waals surface area contributed by atoms with E-state index in [0.717, 1.165) is 13.0 Å². The van der Waals surface area contributed by atoms with Crippen LogP contribution in [0.4, 0.5) is 0 Å². The third-order valence-corrected chi connectivity index (χ3v) is 1.70. The normalized spacial score (nSPS) is 9.75. The summed E-state index contributed by atoms with van der Waals surface area (Å²) in [5.74, 6) is -0.473. The van der Waals surface area contributed by atoms with Gasteiger partial charge in [0.2, 0.25) is 0 Å². The van der Waals surface area contributed by atoms with Gasteiger partial charge in [-0.3, -0.25) is 4.79 Å². The van der Waals surface area contributed by atoms with E-state index in [1.54, 1.807) is 6.07 Å². The first-order chi connectivity index (χ1) is 7.81. The number of rotatable bonds is 10. The molecule has 0 amide bonds. The Morgan fingerprint density at radius 3 is 2.38 bits per heavy atom. The van der Waals surface area contributed by atoms with Crippen LogP contribution in [0.1, 0.15) is 26.2 Å². The van der Waals surface area contributed by atoms with Crippen molar-refractivity contribution >= 4 is 5.97 Å². The average molecular weight is 229 g/mol. The molecule has 0 aromatic heterocycles. The lowest BCUT2D eigenvalue weighted by atomic mass is 10.4. The van der Waals surface area contributed by atoms with E-state index in [1.807, 2.05) is 6.92 Å². The van der Waals surface area contributed by atoms with E-state index in [1.165, 1.54) is 0 Å². The Morgan fingerprint density at radius 2 is 1.75 bits per heavy atom. The number of carbonyl (C=O) groups is 1. The van der Waals surface area contributed by atoms with Gasteiger partial charge < -0.3 is 14.2 Å². The van der Waals surface area contributed by atoms with Crippen molar-refractivity contribution in [2.45, 2.75) is 26.2 Å². The van der Waals surface area contributed by atoms with E-state index in [2.05, 4.69) is 0 Å². The molecule has 92 valence electrons. The first-order valence-electron chi connectivity index (χ1n) is 5.49. The molecular formula is C11H19NO4. The van der Waals surface area contributed by atoms with Gasteiger partial charge in [-0.05, 0) is 13.3 Å². The molecule has 0 saturated heterocycles. The first kappa shape index (κ1) is 14.9. The maximum atomic E-state index is 10.7. The van der Waals surface area contributed by atoms with Crippen LogP contribution >= 0.6 is 0 Å². The molecule has 0 aliphatic carbocycles. The Kier molecular flexibility index (Phi) is 11.1. The number of esters is 1. The summed E-state index contributed by atoms with van der Waals surface area (Å²) in [5.41, 5.74) is 0. The molecule has 0 aliphatic heterocycles. The maximum Gasteiger partial charge on any atom is 0.320 e. The van der Waals surface area contributed by atoms with Gasteiger partial charge in [-0.2, -0.15) is 5.26 Å². The van der Waals surface area contributed by atoms with Gasteiger partial charge in [-0.1, -0.05) is 0 Å². The summed E-state index contributed by atoms with van der Waals surface area (Å²) in [6.07, 6.45) is 1.35. The van der Waals surface area contributed by atoms with E-state index < -0.39 is 5.97 Å². The molecule has 0 aliphatic rings. The Morgan fingerprint density at radius 1 is 1.12 bits per heavy atom. The van der Waals surface area contributed by atoms with Crippen molar-refractivity contribution in [1.82, 2.24) is 0 Å². The Hall–Kier alpha value is -1.12. The lowest BCUT2D eigenvalue weighted by molar-refractivity contribution is -0.142. The zero-order chi connectivity index (χ0) is 12.1. The minimum absolute atomic E-state index is 0.185. The molecule has 0 radical (unpaired) electrons. The highest BCUT2D eigenvalue weighted by Gasteiger charge is 1.99. The van der Waals surface area contributed by atoms with Gasteiger partial charge in [0.05, 0.1) is 12.7 Å². The molecule has 0 bridgehead atoms. The minimum Gasteiger partial charge on any atom is -0.465 e. The van der Waals surface area contributed by atoms with Crippen molar-refractivity contribution < 1.29 is 19.0 Å². The van der Waals surface area contributed by atoms with Crippen LogP contribution in [0.25, 0.3) is 0 Å². The topological polar surface area (TPSA) is 68.6 Å². The van der Waals surface area contributed by atoms with E-state index in [-0.39, 0.29) is 6.42 Å². The number of nitriles is 1. The molecule has 0 saturated carbocycles. The van der Waals surface area contributed by atoms with Gasteiger partial charge in [0.25, 0.3) is 0 Å². The molecule has 0 aromatic carbocycles. The van der Waals surface area contributed by atoms with Gasteiger partial charge in [0.15, 0.2) is 0 Å². The third kappa shape index (κ3) is 11.0. The van der Waals surface area contributed by atoms with Crippen LogP contribution in [0.2, 0.25) is 0 Å². The molecule has 0 N–H and O–H groups in total. The first-order valence-corrected chi connectivity index (χ1v) is 5.49. The molecule has 16 heavy (non-hydrogen) atoms. The van der Waals surface area contributed by atoms with Crippen LogP contribution in [0.5, 0.6) is 0 Å². The SMILES string of the molecule is CCOCCCOCCCOC(=O)CC#N. The summed E-state index contributed by atoms with van der Waals surface area (Å²) in [7, 11) is 0. The molecule has 0 spiro atoms. The van der Waals surface area contributed by atoms with Crippen LogP contribution in [-0.2, 0) is 19.0 Å². The zero-order valence-electron chi connectivity index (χ0n) is 9.74. The van der Waals surface area contributed by atoms with Gasteiger partial charge >= 0.3 is 5.97 Å². The summed E-state index contributed by atoms with van der Waals surface area (Å²) in [6.45, 7) is 4.93. The number of ether oxygens (including phenoxy) is 3. The highest BCUT2D eigenvalue weighted by molar-refractivity contribution is 5.71. The van der Waals surface area contributed by atoms with Crippen LogP contribution in [-0.4, -0.2) is 39.0 Å². The fourth-order valence-electron chi connectivity index (χ4n) is 0.972. The number of hydrogen-bond donors (Lipinski definition) is 0. The quantitative estimate of drug-likeness (QED) is 0.417. The summed E-state index contributed by atoms with van der Waals surface area (Å²) >= 11 is 0. The number of nitrogens with zero attached hydrogens (tertiary/aromatic N) is 1. The number of carbonyl (C=O) groups excluding carboxylic acids is 1. The summed E-state index contributed by atoms with van der Waals surface area (Å²) in [5, 5.41) is 8.19. The minimum atomic E-state index is -0.473. The van der Waals surface area contributed by atoms with Gasteiger partial charge in [-0.15, -0.1) is 0 Å². The zero-order valence-corrected chi connectivity index (χ0v) is 9.74. The predicted octanol–water partition coefficient (Wildman–Crippen LogP) is 1.28. The van der Waals surface area contributed by atoms with Crippen molar-refractivity contribution in [3.63, 3.8) is 0 Å². The highest BCUT2D eigenvalue weighted by atomic mass is 16.5. The average Bonchev–Trinajstić information content (AvgIpc) is 2.27. The van der Waals surface area contributed by atoms with Crippen molar-refractivity contribution in [2.75, 3.05) is 33.0 Å². The van der Waals surface area contributed by atoms with Crippen LogP contribution in [0.3, 0.4) is 0 Å². The number of hydrogen-bond acceptors (Lipinski definition) is 5. The van der Waals surface area contributed by atoms with Crippen molar-refractivity contribution in [3.05, 3.63) is 0 Å². The molecular weight excluding hydrogens is 210 g/mol. The molecule has 0 fully saturated rings. The van der Waals surface area contributed by atoms with Crippen molar-refractivity contribution in [3.8, 4) is 6.07 Å². The Bertz CT molecular complexity index is 213. The summed E-state index contributed by atoms with van der Waals surface area (Å²) < 4.78 is 15.2. The van der Waals surface area contributed by atoms with Gasteiger partial charge in [0, 0.05) is 32.8 Å². The summed E-state index contributed by atoms with van der Waals surface area (Å²) in [6, 6.07) is 1.73. The lowest BCUT2D eigenvalue weighted by Gasteiger charge is -2.04. The molecule has 0 unspecified atom stereocenters. The van der Waals surface area contributed by atoms with E-state index in [0.29, 0.717) is 32.8 Å². The molecule has 0 aromatic rings. The molecule has 0 rings (SSSR count). The van der Waals surface area contributed by atoms with Gasteiger partial charge in [-0.25, -0.2) is 0 Å².